The Labute approximate surface area is 147 Å². The van der Waals surface area contributed by atoms with Crippen molar-refractivity contribution in [3.05, 3.63) is 65.7 Å². The molecule has 0 aliphatic carbocycles. The van der Waals surface area contributed by atoms with E-state index >= 15 is 0 Å². The maximum atomic E-state index is 12.1. The van der Waals surface area contributed by atoms with Gasteiger partial charge in [0.2, 0.25) is 11.8 Å². The number of amides is 2. The second kappa shape index (κ2) is 7.83. The first-order valence-electron chi connectivity index (χ1n) is 8.47. The molecule has 1 aliphatic heterocycles. The average Bonchev–Trinajstić information content (AvgIpc) is 2.96. The van der Waals surface area contributed by atoms with Crippen molar-refractivity contribution < 1.29 is 14.7 Å². The summed E-state index contributed by atoms with van der Waals surface area (Å²) in [6.07, 6.45) is 0.602. The lowest BCUT2D eigenvalue weighted by Gasteiger charge is -2.17. The molecule has 5 nitrogen and oxygen atoms in total. The molecule has 0 spiro atoms. The molecule has 2 N–H and O–H groups in total. The van der Waals surface area contributed by atoms with E-state index < -0.39 is 0 Å². The number of likely N-dealkylation sites (tertiary alicyclic amines) is 1. The molecule has 2 aromatic rings. The fraction of sp³-hybridized carbons (Fsp3) is 0.300. The third kappa shape index (κ3) is 4.59. The van der Waals surface area contributed by atoms with Gasteiger partial charge < -0.3 is 15.3 Å². The van der Waals surface area contributed by atoms with Crippen molar-refractivity contribution in [3.8, 4) is 5.75 Å². The summed E-state index contributed by atoms with van der Waals surface area (Å²) in [5.41, 5.74) is 1.72. The number of rotatable bonds is 6. The highest BCUT2D eigenvalue weighted by molar-refractivity contribution is 5.80. The van der Waals surface area contributed by atoms with E-state index in [4.69, 9.17) is 0 Å². The lowest BCUT2D eigenvalue weighted by atomic mass is 10.1. The molecule has 1 unspecified atom stereocenters. The van der Waals surface area contributed by atoms with E-state index in [-0.39, 0.29) is 29.9 Å². The van der Waals surface area contributed by atoms with Crippen LogP contribution in [-0.4, -0.2) is 34.9 Å². The molecule has 1 heterocycles. The predicted octanol–water partition coefficient (Wildman–Crippen LogP) is 2.10. The summed E-state index contributed by atoms with van der Waals surface area (Å²) in [7, 11) is 0. The third-order valence-electron chi connectivity index (χ3n) is 4.44. The van der Waals surface area contributed by atoms with Gasteiger partial charge >= 0.3 is 0 Å². The monoisotopic (exact) mass is 338 g/mol. The Morgan fingerprint density at radius 3 is 2.60 bits per heavy atom. The van der Waals surface area contributed by atoms with Crippen molar-refractivity contribution in [1.82, 2.24) is 10.2 Å². The second-order valence-electron chi connectivity index (χ2n) is 6.44. The summed E-state index contributed by atoms with van der Waals surface area (Å²) in [6, 6.07) is 16.7. The van der Waals surface area contributed by atoms with Gasteiger partial charge in [0.1, 0.15) is 5.75 Å². The van der Waals surface area contributed by atoms with Crippen molar-refractivity contribution >= 4 is 11.8 Å². The lowest BCUT2D eigenvalue weighted by Crippen LogP contribution is -2.32. The summed E-state index contributed by atoms with van der Waals surface area (Å²) in [6.45, 7) is 1.75. The number of carbonyl (C=O) groups excluding carboxylic acids is 2. The van der Waals surface area contributed by atoms with Gasteiger partial charge in [-0.25, -0.2) is 0 Å². The standard InChI is InChI=1S/C20H22N2O3/c23-18-9-5-4-8-17(18)11-19(24)21-12-16-10-20(25)22(14-16)13-15-6-2-1-3-7-15/h1-9,16,23H,10-14H2,(H,21,24). The van der Waals surface area contributed by atoms with Crippen LogP contribution >= 0.6 is 0 Å². The Morgan fingerprint density at radius 1 is 1.12 bits per heavy atom. The number of carbonyl (C=O) groups is 2. The molecule has 130 valence electrons. The number of phenols is 1. The first-order chi connectivity index (χ1) is 12.1. The van der Waals surface area contributed by atoms with Crippen LogP contribution in [0, 0.1) is 5.92 Å². The van der Waals surface area contributed by atoms with E-state index in [1.807, 2.05) is 35.2 Å². The van der Waals surface area contributed by atoms with Crippen LogP contribution in [0.15, 0.2) is 54.6 Å². The molecule has 5 heteroatoms. The summed E-state index contributed by atoms with van der Waals surface area (Å²) in [5.74, 6) is 0.242. The molecule has 0 saturated carbocycles. The van der Waals surface area contributed by atoms with Crippen molar-refractivity contribution in [1.29, 1.82) is 0 Å². The van der Waals surface area contributed by atoms with Gasteiger partial charge in [0.15, 0.2) is 0 Å². The summed E-state index contributed by atoms with van der Waals surface area (Å²) in [5, 5.41) is 12.6. The molecule has 1 aliphatic rings. The average molecular weight is 338 g/mol. The van der Waals surface area contributed by atoms with Gasteiger partial charge in [-0.3, -0.25) is 9.59 Å². The third-order valence-corrected chi connectivity index (χ3v) is 4.44. The summed E-state index contributed by atoms with van der Waals surface area (Å²) >= 11 is 0. The molecular weight excluding hydrogens is 316 g/mol. The first-order valence-corrected chi connectivity index (χ1v) is 8.47. The van der Waals surface area contributed by atoms with Crippen molar-refractivity contribution in [2.75, 3.05) is 13.1 Å². The van der Waals surface area contributed by atoms with E-state index in [9.17, 15) is 14.7 Å². The Hall–Kier alpha value is -2.82. The lowest BCUT2D eigenvalue weighted by molar-refractivity contribution is -0.128. The Kier molecular flexibility index (Phi) is 5.33. The number of nitrogens with zero attached hydrogens (tertiary/aromatic N) is 1. The van der Waals surface area contributed by atoms with E-state index in [1.54, 1.807) is 24.3 Å². The fourth-order valence-corrected chi connectivity index (χ4v) is 3.10. The quantitative estimate of drug-likeness (QED) is 0.847. The van der Waals surface area contributed by atoms with Crippen LogP contribution in [0.4, 0.5) is 0 Å². The van der Waals surface area contributed by atoms with Crippen molar-refractivity contribution in [3.63, 3.8) is 0 Å². The molecule has 0 bridgehead atoms. The van der Waals surface area contributed by atoms with E-state index in [0.717, 1.165) is 5.56 Å². The molecule has 2 amide bonds. The predicted molar refractivity (Wildman–Crippen MR) is 94.8 cm³/mol. The van der Waals surface area contributed by atoms with Gasteiger partial charge in [-0.2, -0.15) is 0 Å². The van der Waals surface area contributed by atoms with E-state index in [1.165, 1.54) is 0 Å². The van der Waals surface area contributed by atoms with Crippen LogP contribution < -0.4 is 5.32 Å². The summed E-state index contributed by atoms with van der Waals surface area (Å²) in [4.78, 5) is 26.0. The molecule has 1 fully saturated rings. The van der Waals surface area contributed by atoms with Gasteiger partial charge in [-0.1, -0.05) is 48.5 Å². The zero-order valence-electron chi connectivity index (χ0n) is 14.0. The van der Waals surface area contributed by atoms with Gasteiger partial charge in [0.05, 0.1) is 6.42 Å². The van der Waals surface area contributed by atoms with E-state index in [2.05, 4.69) is 5.32 Å². The SMILES string of the molecule is O=C(Cc1ccccc1O)NCC1CC(=O)N(Cc2ccccc2)C1. The minimum atomic E-state index is -0.143. The normalized spacial score (nSPS) is 16.9. The molecule has 0 aromatic heterocycles. The topological polar surface area (TPSA) is 69.6 Å². The van der Waals surface area contributed by atoms with Crippen LogP contribution in [0.3, 0.4) is 0 Å². The van der Waals surface area contributed by atoms with Gasteiger partial charge in [-0.05, 0) is 11.6 Å². The number of hydrogen-bond donors (Lipinski definition) is 2. The maximum absolute atomic E-state index is 12.1. The minimum absolute atomic E-state index is 0.128. The number of nitrogens with one attached hydrogen (secondary N) is 1. The minimum Gasteiger partial charge on any atom is -0.508 e. The molecule has 1 atom stereocenters. The Morgan fingerprint density at radius 2 is 1.84 bits per heavy atom. The highest BCUT2D eigenvalue weighted by Gasteiger charge is 2.29. The molecular formula is C20H22N2O3. The largest absolute Gasteiger partial charge is 0.508 e. The van der Waals surface area contributed by atoms with Crippen molar-refractivity contribution in [2.24, 2.45) is 5.92 Å². The Balaban J connectivity index is 1.47. The van der Waals surface area contributed by atoms with Crippen LogP contribution in [0.25, 0.3) is 0 Å². The molecule has 2 aromatic carbocycles. The highest BCUT2D eigenvalue weighted by atomic mass is 16.3. The zero-order chi connectivity index (χ0) is 17.6. The number of phenolic OH excluding ortho intramolecular Hbond substituents is 1. The van der Waals surface area contributed by atoms with Crippen LogP contribution in [0.5, 0.6) is 5.75 Å². The van der Waals surface area contributed by atoms with Gasteiger partial charge in [0, 0.05) is 37.5 Å². The number of para-hydroxylation sites is 1. The van der Waals surface area contributed by atoms with Crippen LogP contribution in [-0.2, 0) is 22.6 Å². The maximum Gasteiger partial charge on any atom is 0.224 e. The number of hydrogen-bond acceptors (Lipinski definition) is 3. The van der Waals surface area contributed by atoms with Crippen LogP contribution in [0.1, 0.15) is 17.5 Å². The molecule has 1 saturated heterocycles. The van der Waals surface area contributed by atoms with Crippen LogP contribution in [0.2, 0.25) is 0 Å². The number of benzene rings is 2. The molecule has 0 radical (unpaired) electrons. The number of aromatic hydroxyl groups is 1. The second-order valence-corrected chi connectivity index (χ2v) is 6.44. The summed E-state index contributed by atoms with van der Waals surface area (Å²) < 4.78 is 0. The molecule has 3 rings (SSSR count). The highest BCUT2D eigenvalue weighted by Crippen LogP contribution is 2.20. The van der Waals surface area contributed by atoms with Gasteiger partial charge in [-0.15, -0.1) is 0 Å². The zero-order valence-corrected chi connectivity index (χ0v) is 14.0. The fourth-order valence-electron chi connectivity index (χ4n) is 3.10. The van der Waals surface area contributed by atoms with Crippen molar-refractivity contribution in [2.45, 2.75) is 19.4 Å². The first kappa shape index (κ1) is 17.0. The Bertz CT molecular complexity index is 746. The van der Waals surface area contributed by atoms with E-state index in [0.29, 0.717) is 31.6 Å². The molecule has 25 heavy (non-hydrogen) atoms. The smallest absolute Gasteiger partial charge is 0.224 e. The van der Waals surface area contributed by atoms with Gasteiger partial charge in [0.25, 0.3) is 0 Å².